The van der Waals surface area contributed by atoms with Crippen LogP contribution in [0.25, 0.3) is 11.3 Å². The molecule has 0 bridgehead atoms. The van der Waals surface area contributed by atoms with Crippen LogP contribution in [0.15, 0.2) is 48.0 Å². The molecule has 1 amide bonds. The molecule has 0 atom stereocenters. The highest BCUT2D eigenvalue weighted by Crippen LogP contribution is 2.23. The van der Waals surface area contributed by atoms with Crippen molar-refractivity contribution in [3.05, 3.63) is 48.7 Å². The standard InChI is InChI=1S/C17H15N5O/c1-4-11(2)19-17-21-15(10-18)9-16(22-17)13-6-5-7-14(8-13)20-12(3)23/h4-9H,1H2,2-3H3,(H,20,23). The first kappa shape index (κ1) is 16.0. The van der Waals surface area contributed by atoms with Gasteiger partial charge in [-0.1, -0.05) is 18.7 Å². The molecule has 6 nitrogen and oxygen atoms in total. The van der Waals surface area contributed by atoms with Gasteiger partial charge in [0.25, 0.3) is 5.95 Å². The predicted molar refractivity (Wildman–Crippen MR) is 89.5 cm³/mol. The smallest absolute Gasteiger partial charge is 0.251 e. The summed E-state index contributed by atoms with van der Waals surface area (Å²) < 4.78 is 0. The zero-order valence-electron chi connectivity index (χ0n) is 12.9. The van der Waals surface area contributed by atoms with Crippen LogP contribution in [0.2, 0.25) is 0 Å². The van der Waals surface area contributed by atoms with Crippen LogP contribution in [-0.2, 0) is 4.79 Å². The number of amides is 1. The van der Waals surface area contributed by atoms with Crippen molar-refractivity contribution in [3.8, 4) is 17.3 Å². The van der Waals surface area contributed by atoms with Gasteiger partial charge >= 0.3 is 0 Å². The second kappa shape index (κ2) is 7.09. The zero-order valence-corrected chi connectivity index (χ0v) is 12.9. The zero-order chi connectivity index (χ0) is 16.8. The molecule has 1 heterocycles. The maximum Gasteiger partial charge on any atom is 0.251 e. The minimum Gasteiger partial charge on any atom is -0.326 e. The maximum absolute atomic E-state index is 11.2. The lowest BCUT2D eigenvalue weighted by atomic mass is 10.1. The number of nitrogens with one attached hydrogen (secondary N) is 1. The van der Waals surface area contributed by atoms with Crippen molar-refractivity contribution in [1.82, 2.24) is 9.97 Å². The Hall–Kier alpha value is -3.33. The Morgan fingerprint density at radius 2 is 2.13 bits per heavy atom. The number of hydrogen-bond acceptors (Lipinski definition) is 5. The minimum atomic E-state index is -0.158. The number of anilines is 1. The maximum atomic E-state index is 11.2. The summed E-state index contributed by atoms with van der Waals surface area (Å²) in [6.45, 7) is 6.84. The SMILES string of the molecule is C=CC(C)=Nc1nc(C#N)cc(-c2cccc(NC(C)=O)c2)n1. The van der Waals surface area contributed by atoms with Crippen LogP contribution in [0.5, 0.6) is 0 Å². The van der Waals surface area contributed by atoms with E-state index in [1.807, 2.05) is 12.1 Å². The Morgan fingerprint density at radius 1 is 1.35 bits per heavy atom. The van der Waals surface area contributed by atoms with Gasteiger partial charge < -0.3 is 5.32 Å². The number of allylic oxidation sites excluding steroid dienone is 1. The quantitative estimate of drug-likeness (QED) is 0.878. The Balaban J connectivity index is 2.50. The third kappa shape index (κ3) is 4.32. The summed E-state index contributed by atoms with van der Waals surface area (Å²) in [5.41, 5.74) is 2.83. The van der Waals surface area contributed by atoms with Crippen molar-refractivity contribution >= 4 is 23.3 Å². The van der Waals surface area contributed by atoms with Gasteiger partial charge in [-0.2, -0.15) is 5.26 Å². The Morgan fingerprint density at radius 3 is 2.78 bits per heavy atom. The van der Waals surface area contributed by atoms with Crippen LogP contribution in [-0.4, -0.2) is 21.6 Å². The summed E-state index contributed by atoms with van der Waals surface area (Å²) in [5, 5.41) is 11.8. The van der Waals surface area contributed by atoms with Crippen molar-refractivity contribution in [2.75, 3.05) is 5.32 Å². The molecule has 6 heteroatoms. The summed E-state index contributed by atoms with van der Waals surface area (Å²) in [6.07, 6.45) is 1.58. The molecular weight excluding hydrogens is 290 g/mol. The minimum absolute atomic E-state index is 0.158. The first-order chi connectivity index (χ1) is 11.0. The third-order valence-corrected chi connectivity index (χ3v) is 2.88. The van der Waals surface area contributed by atoms with Crippen LogP contribution >= 0.6 is 0 Å². The van der Waals surface area contributed by atoms with Crippen molar-refractivity contribution in [2.24, 2.45) is 4.99 Å². The molecule has 0 unspecified atom stereocenters. The van der Waals surface area contributed by atoms with E-state index in [0.717, 1.165) is 5.56 Å². The van der Waals surface area contributed by atoms with Gasteiger partial charge in [-0.15, -0.1) is 0 Å². The summed E-state index contributed by atoms with van der Waals surface area (Å²) >= 11 is 0. The number of nitrogens with zero attached hydrogens (tertiary/aromatic N) is 4. The van der Waals surface area contributed by atoms with E-state index in [-0.39, 0.29) is 17.5 Å². The predicted octanol–water partition coefficient (Wildman–Crippen LogP) is 3.25. The van der Waals surface area contributed by atoms with Crippen LogP contribution in [0.4, 0.5) is 11.6 Å². The highest BCUT2D eigenvalue weighted by molar-refractivity contribution is 5.93. The van der Waals surface area contributed by atoms with Gasteiger partial charge in [0, 0.05) is 30.0 Å². The van der Waals surface area contributed by atoms with Crippen LogP contribution in [0.1, 0.15) is 19.5 Å². The van der Waals surface area contributed by atoms with Crippen molar-refractivity contribution in [3.63, 3.8) is 0 Å². The summed E-state index contributed by atoms with van der Waals surface area (Å²) in [7, 11) is 0. The summed E-state index contributed by atoms with van der Waals surface area (Å²) in [6, 6.07) is 10.8. The van der Waals surface area contributed by atoms with Gasteiger partial charge in [0.1, 0.15) is 11.8 Å². The molecule has 0 spiro atoms. The molecule has 2 rings (SSSR count). The van der Waals surface area contributed by atoms with Gasteiger partial charge in [0.15, 0.2) is 0 Å². The third-order valence-electron chi connectivity index (χ3n) is 2.88. The number of rotatable bonds is 4. The Kier molecular flexibility index (Phi) is 4.95. The van der Waals surface area contributed by atoms with Gasteiger partial charge in [0.2, 0.25) is 5.91 Å². The molecule has 1 N–H and O–H groups in total. The van der Waals surface area contributed by atoms with E-state index in [1.165, 1.54) is 6.92 Å². The monoisotopic (exact) mass is 305 g/mol. The van der Waals surface area contributed by atoms with Crippen LogP contribution in [0, 0.1) is 11.3 Å². The first-order valence-corrected chi connectivity index (χ1v) is 6.87. The number of aromatic nitrogens is 2. The molecule has 0 aliphatic carbocycles. The molecular formula is C17H15N5O. The first-order valence-electron chi connectivity index (χ1n) is 6.87. The number of carbonyl (C=O) groups excluding carboxylic acids is 1. The molecule has 0 aliphatic heterocycles. The fourth-order valence-corrected chi connectivity index (χ4v) is 1.85. The second-order valence-corrected chi connectivity index (χ2v) is 4.77. The topological polar surface area (TPSA) is 91.0 Å². The second-order valence-electron chi connectivity index (χ2n) is 4.77. The average Bonchev–Trinajstić information content (AvgIpc) is 2.54. The van der Waals surface area contributed by atoms with Gasteiger partial charge in [0.05, 0.1) is 5.69 Å². The molecule has 0 fully saturated rings. The molecule has 0 radical (unpaired) electrons. The van der Waals surface area contributed by atoms with E-state index in [0.29, 0.717) is 17.1 Å². The largest absolute Gasteiger partial charge is 0.326 e. The van der Waals surface area contributed by atoms with E-state index < -0.39 is 0 Å². The molecule has 0 aliphatic rings. The van der Waals surface area contributed by atoms with Gasteiger partial charge in [-0.3, -0.25) is 4.79 Å². The van der Waals surface area contributed by atoms with Gasteiger partial charge in [-0.25, -0.2) is 15.0 Å². The van der Waals surface area contributed by atoms with Crippen LogP contribution < -0.4 is 5.32 Å². The number of aliphatic imine (C=N–C) groups is 1. The summed E-state index contributed by atoms with van der Waals surface area (Å²) in [5.74, 6) is 0.0378. The number of nitriles is 1. The lowest BCUT2D eigenvalue weighted by Crippen LogP contribution is -2.05. The number of carbonyl (C=O) groups is 1. The van der Waals surface area contributed by atoms with E-state index in [9.17, 15) is 4.79 Å². The molecule has 1 aromatic heterocycles. The van der Waals surface area contributed by atoms with E-state index >= 15 is 0 Å². The highest BCUT2D eigenvalue weighted by atomic mass is 16.1. The molecule has 2 aromatic rings. The van der Waals surface area contributed by atoms with Gasteiger partial charge in [-0.05, 0) is 25.1 Å². The van der Waals surface area contributed by atoms with E-state index in [4.69, 9.17) is 5.26 Å². The normalized spacial score (nSPS) is 10.7. The van der Waals surface area contributed by atoms with E-state index in [2.05, 4.69) is 26.9 Å². The van der Waals surface area contributed by atoms with Crippen molar-refractivity contribution < 1.29 is 4.79 Å². The molecule has 0 saturated heterocycles. The highest BCUT2D eigenvalue weighted by Gasteiger charge is 2.07. The Bertz CT molecular complexity index is 833. The molecule has 0 saturated carbocycles. The van der Waals surface area contributed by atoms with Crippen molar-refractivity contribution in [2.45, 2.75) is 13.8 Å². The average molecular weight is 305 g/mol. The Labute approximate surface area is 134 Å². The van der Waals surface area contributed by atoms with Crippen LogP contribution in [0.3, 0.4) is 0 Å². The number of hydrogen-bond donors (Lipinski definition) is 1. The lowest BCUT2D eigenvalue weighted by Gasteiger charge is -2.06. The fourth-order valence-electron chi connectivity index (χ4n) is 1.85. The molecule has 23 heavy (non-hydrogen) atoms. The molecule has 114 valence electrons. The van der Waals surface area contributed by atoms with E-state index in [1.54, 1.807) is 37.3 Å². The molecule has 1 aromatic carbocycles. The fraction of sp³-hybridized carbons (Fsp3) is 0.118. The summed E-state index contributed by atoms with van der Waals surface area (Å²) in [4.78, 5) is 23.8. The lowest BCUT2D eigenvalue weighted by molar-refractivity contribution is -0.114. The number of benzene rings is 1. The van der Waals surface area contributed by atoms with Crippen molar-refractivity contribution in [1.29, 1.82) is 5.26 Å².